The lowest BCUT2D eigenvalue weighted by atomic mass is 10.0. The summed E-state index contributed by atoms with van der Waals surface area (Å²) in [6, 6.07) is 15.4. The maximum absolute atomic E-state index is 13.0. The Kier molecular flexibility index (Phi) is 4.77. The summed E-state index contributed by atoms with van der Waals surface area (Å²) in [5.74, 6) is 0.674. The van der Waals surface area contributed by atoms with Crippen LogP contribution in [0.15, 0.2) is 58.5 Å². The molecular formula is C21H21N4O2S+. The number of benzene rings is 2. The number of aromatic nitrogens is 3. The normalized spacial score (nSPS) is 15.1. The van der Waals surface area contributed by atoms with Gasteiger partial charge in [-0.3, -0.25) is 14.6 Å². The van der Waals surface area contributed by atoms with Crippen LogP contribution in [0.3, 0.4) is 0 Å². The van der Waals surface area contributed by atoms with Gasteiger partial charge in [-0.05, 0) is 41.6 Å². The highest BCUT2D eigenvalue weighted by atomic mass is 32.2. The Morgan fingerprint density at radius 3 is 2.61 bits per heavy atom. The van der Waals surface area contributed by atoms with Crippen LogP contribution in [-0.2, 0) is 4.79 Å². The van der Waals surface area contributed by atoms with Crippen LogP contribution < -0.4 is 15.1 Å². The molecule has 0 saturated carbocycles. The Morgan fingerprint density at radius 1 is 1.21 bits per heavy atom. The third kappa shape index (κ3) is 3.01. The van der Waals surface area contributed by atoms with E-state index in [2.05, 4.69) is 4.98 Å². The van der Waals surface area contributed by atoms with E-state index in [-0.39, 0.29) is 11.5 Å². The summed E-state index contributed by atoms with van der Waals surface area (Å²) >= 11 is 1.46. The fourth-order valence-electron chi connectivity index (χ4n) is 3.55. The van der Waals surface area contributed by atoms with E-state index < -0.39 is 6.17 Å². The molecule has 4 rings (SSSR count). The summed E-state index contributed by atoms with van der Waals surface area (Å²) in [6.07, 6.45) is -0.526. The van der Waals surface area contributed by atoms with Crippen molar-refractivity contribution in [3.8, 4) is 11.3 Å². The number of fused-ring (bicyclic) bond motifs is 3. The molecule has 1 aromatic heterocycles. The topological polar surface area (TPSA) is 69.9 Å². The quantitative estimate of drug-likeness (QED) is 0.548. The largest absolute Gasteiger partial charge is 0.325 e. The molecule has 0 fully saturated rings. The van der Waals surface area contributed by atoms with E-state index in [4.69, 9.17) is 5.10 Å². The molecule has 1 amide bonds. The van der Waals surface area contributed by atoms with Gasteiger partial charge in [-0.2, -0.15) is 0 Å². The second-order valence-corrected chi connectivity index (χ2v) is 7.93. The van der Waals surface area contributed by atoms with Gasteiger partial charge < -0.3 is 0 Å². The van der Waals surface area contributed by atoms with E-state index in [1.54, 1.807) is 16.5 Å². The number of hydrogen-bond acceptors (Lipinski definition) is 4. The van der Waals surface area contributed by atoms with Crippen LogP contribution in [0.2, 0.25) is 0 Å². The van der Waals surface area contributed by atoms with Gasteiger partial charge in [0, 0.05) is 17.6 Å². The van der Waals surface area contributed by atoms with E-state index in [0.29, 0.717) is 22.1 Å². The van der Waals surface area contributed by atoms with Crippen molar-refractivity contribution < 1.29 is 9.48 Å². The zero-order chi connectivity index (χ0) is 19.8. The van der Waals surface area contributed by atoms with Crippen LogP contribution in [0.25, 0.3) is 11.3 Å². The first kappa shape index (κ1) is 18.4. The van der Waals surface area contributed by atoms with E-state index in [1.165, 1.54) is 11.8 Å². The lowest BCUT2D eigenvalue weighted by Gasteiger charge is -2.31. The highest BCUT2D eigenvalue weighted by Gasteiger charge is 2.44. The first-order valence-corrected chi connectivity index (χ1v) is 10.1. The van der Waals surface area contributed by atoms with E-state index in [9.17, 15) is 9.59 Å². The van der Waals surface area contributed by atoms with Gasteiger partial charge in [0.25, 0.3) is 6.17 Å². The monoisotopic (exact) mass is 393 g/mol. The number of carbonyl (C=O) groups excluding carboxylic acids is 1. The molecule has 6 nitrogen and oxygen atoms in total. The molecule has 7 heteroatoms. The highest BCUT2D eigenvalue weighted by molar-refractivity contribution is 7.99. The van der Waals surface area contributed by atoms with Gasteiger partial charge in [-0.1, -0.05) is 48.5 Å². The third-order valence-corrected chi connectivity index (χ3v) is 5.50. The number of anilines is 1. The molecule has 28 heavy (non-hydrogen) atoms. The summed E-state index contributed by atoms with van der Waals surface area (Å²) in [5.41, 5.74) is 3.68. The Balaban J connectivity index is 2.06. The number of aromatic amines is 1. The SMILES string of the molecule is CCSc1n[n+]2c(c(=O)[nH]1)-c1ccccc1N(C(C)=O)[C@@H]2c1ccc(C)cc1. The van der Waals surface area contributed by atoms with Crippen LogP contribution >= 0.6 is 11.8 Å². The number of nitrogens with one attached hydrogen (secondary N) is 1. The molecule has 0 aliphatic carbocycles. The fourth-order valence-corrected chi connectivity index (χ4v) is 4.14. The van der Waals surface area contributed by atoms with Crippen molar-refractivity contribution in [2.24, 2.45) is 0 Å². The molecular weight excluding hydrogens is 372 g/mol. The Hall–Kier alpha value is -2.93. The molecule has 1 atom stereocenters. The summed E-state index contributed by atoms with van der Waals surface area (Å²) in [4.78, 5) is 30.3. The summed E-state index contributed by atoms with van der Waals surface area (Å²) in [7, 11) is 0. The van der Waals surface area contributed by atoms with Crippen LogP contribution in [0.5, 0.6) is 0 Å². The number of aryl methyl sites for hydroxylation is 1. The van der Waals surface area contributed by atoms with Crippen molar-refractivity contribution >= 4 is 23.4 Å². The van der Waals surface area contributed by atoms with Crippen LogP contribution in [0, 0.1) is 6.92 Å². The average molecular weight is 393 g/mol. The van der Waals surface area contributed by atoms with Gasteiger partial charge in [0.15, 0.2) is 0 Å². The second kappa shape index (κ2) is 7.24. The Bertz CT molecular complexity index is 1110. The summed E-state index contributed by atoms with van der Waals surface area (Å²) in [6.45, 7) is 5.56. The zero-order valence-corrected chi connectivity index (χ0v) is 16.8. The highest BCUT2D eigenvalue weighted by Crippen LogP contribution is 2.37. The molecule has 1 N–H and O–H groups in total. The van der Waals surface area contributed by atoms with Crippen molar-refractivity contribution in [3.63, 3.8) is 0 Å². The maximum Gasteiger partial charge on any atom is 0.325 e. The number of rotatable bonds is 3. The molecule has 0 bridgehead atoms. The van der Waals surface area contributed by atoms with Gasteiger partial charge in [0.1, 0.15) is 0 Å². The Morgan fingerprint density at radius 2 is 1.93 bits per heavy atom. The number of para-hydroxylation sites is 1. The molecule has 142 valence electrons. The van der Waals surface area contributed by atoms with Crippen LogP contribution in [0.1, 0.15) is 31.1 Å². The molecule has 0 saturated heterocycles. The first-order valence-electron chi connectivity index (χ1n) is 9.16. The van der Waals surface area contributed by atoms with Crippen molar-refractivity contribution in [2.45, 2.75) is 32.1 Å². The minimum Gasteiger partial charge on any atom is -0.291 e. The number of amides is 1. The molecule has 2 heterocycles. The van der Waals surface area contributed by atoms with Gasteiger partial charge in [0.05, 0.1) is 11.3 Å². The van der Waals surface area contributed by atoms with Gasteiger partial charge in [-0.15, -0.1) is 0 Å². The fraction of sp³-hybridized carbons (Fsp3) is 0.238. The lowest BCUT2D eigenvalue weighted by Crippen LogP contribution is -2.60. The number of hydrogen-bond donors (Lipinski definition) is 1. The molecule has 3 aromatic rings. The molecule has 0 radical (unpaired) electrons. The Labute approximate surface area is 167 Å². The molecule has 0 unspecified atom stereocenters. The van der Waals surface area contributed by atoms with Crippen molar-refractivity contribution in [2.75, 3.05) is 10.7 Å². The zero-order valence-electron chi connectivity index (χ0n) is 16.0. The van der Waals surface area contributed by atoms with Crippen molar-refractivity contribution in [3.05, 3.63) is 70.0 Å². The number of carbonyl (C=O) groups is 1. The number of H-pyrrole nitrogens is 1. The second-order valence-electron chi connectivity index (χ2n) is 6.68. The predicted molar refractivity (Wildman–Crippen MR) is 109 cm³/mol. The first-order chi connectivity index (χ1) is 13.5. The van der Waals surface area contributed by atoms with Gasteiger partial charge >= 0.3 is 11.3 Å². The van der Waals surface area contributed by atoms with E-state index in [1.807, 2.05) is 62.4 Å². The number of nitrogens with zero attached hydrogens (tertiary/aromatic N) is 3. The van der Waals surface area contributed by atoms with Gasteiger partial charge in [-0.25, -0.2) is 4.90 Å². The van der Waals surface area contributed by atoms with Crippen LogP contribution in [-0.4, -0.2) is 21.7 Å². The molecule has 1 aliphatic rings. The van der Waals surface area contributed by atoms with E-state index in [0.717, 1.165) is 16.9 Å². The molecule has 0 spiro atoms. The third-order valence-electron chi connectivity index (χ3n) is 4.75. The summed E-state index contributed by atoms with van der Waals surface area (Å²) in [5, 5.41) is 5.24. The minimum absolute atomic E-state index is 0.108. The lowest BCUT2D eigenvalue weighted by molar-refractivity contribution is -0.763. The van der Waals surface area contributed by atoms with Gasteiger partial charge in [0.2, 0.25) is 11.1 Å². The van der Waals surface area contributed by atoms with E-state index >= 15 is 0 Å². The average Bonchev–Trinajstić information content (AvgIpc) is 2.67. The molecule has 2 aromatic carbocycles. The minimum atomic E-state index is -0.526. The summed E-state index contributed by atoms with van der Waals surface area (Å²) < 4.78 is 1.69. The standard InChI is InChI=1S/C21H20N4O2S/c1-4-28-21-22-19(27)18-16-7-5-6-8-17(16)24(14(3)26)20(25(18)23-21)15-11-9-13(2)10-12-15/h5-12,20H,4H2,1-3H3/p+1/t20-/m0/s1. The maximum atomic E-state index is 13.0. The molecule has 1 aliphatic heterocycles. The van der Waals surface area contributed by atoms with Crippen molar-refractivity contribution in [1.29, 1.82) is 0 Å². The smallest absolute Gasteiger partial charge is 0.291 e. The predicted octanol–water partition coefficient (Wildman–Crippen LogP) is 3.06. The number of thioether (sulfide) groups is 1. The van der Waals surface area contributed by atoms with Crippen molar-refractivity contribution in [1.82, 2.24) is 10.1 Å². The van der Waals surface area contributed by atoms with Crippen LogP contribution in [0.4, 0.5) is 5.69 Å².